The zero-order valence-corrected chi connectivity index (χ0v) is 9.38. The average molecular weight is 277 g/mol. The van der Waals surface area contributed by atoms with Crippen LogP contribution < -0.4 is 4.74 Å². The van der Waals surface area contributed by atoms with E-state index >= 15 is 0 Å². The standard InChI is InChI=1S/C9H7BrF2N2O/c1-15-8-2-6(9(11)12)14-7(4-13)5(8)3-10/h2,9H,3H2,1H3. The van der Waals surface area contributed by atoms with Crippen LogP contribution in [0, 0.1) is 11.3 Å². The molecule has 0 amide bonds. The van der Waals surface area contributed by atoms with Crippen LogP contribution in [-0.4, -0.2) is 12.1 Å². The molecule has 0 saturated carbocycles. The number of halogens is 3. The minimum atomic E-state index is -2.71. The predicted molar refractivity (Wildman–Crippen MR) is 53.1 cm³/mol. The third kappa shape index (κ3) is 2.42. The van der Waals surface area contributed by atoms with Gasteiger partial charge in [-0.15, -0.1) is 0 Å². The molecular formula is C9H7BrF2N2O. The Kier molecular flexibility index (Phi) is 3.97. The van der Waals surface area contributed by atoms with E-state index in [9.17, 15) is 8.78 Å². The van der Waals surface area contributed by atoms with Crippen LogP contribution >= 0.6 is 15.9 Å². The number of nitrogens with zero attached hydrogens (tertiary/aromatic N) is 2. The molecule has 1 rings (SSSR count). The van der Waals surface area contributed by atoms with Crippen LogP contribution in [-0.2, 0) is 5.33 Å². The summed E-state index contributed by atoms with van der Waals surface area (Å²) in [6.07, 6.45) is -2.71. The van der Waals surface area contributed by atoms with Gasteiger partial charge in [-0.2, -0.15) is 5.26 Å². The first-order valence-electron chi connectivity index (χ1n) is 3.96. The first-order valence-corrected chi connectivity index (χ1v) is 5.08. The minimum Gasteiger partial charge on any atom is -0.496 e. The Morgan fingerprint density at radius 3 is 2.73 bits per heavy atom. The van der Waals surface area contributed by atoms with E-state index in [0.29, 0.717) is 10.9 Å². The monoisotopic (exact) mass is 276 g/mol. The Morgan fingerprint density at radius 2 is 2.33 bits per heavy atom. The number of nitriles is 1. The van der Waals surface area contributed by atoms with Crippen molar-refractivity contribution in [1.82, 2.24) is 4.98 Å². The third-order valence-corrected chi connectivity index (χ3v) is 2.35. The number of aromatic nitrogens is 1. The Hall–Kier alpha value is -1.22. The van der Waals surface area contributed by atoms with Crippen molar-refractivity contribution in [2.24, 2.45) is 0 Å². The molecule has 1 aromatic rings. The van der Waals surface area contributed by atoms with Gasteiger partial charge < -0.3 is 4.74 Å². The van der Waals surface area contributed by atoms with Crippen molar-refractivity contribution in [3.05, 3.63) is 23.0 Å². The highest BCUT2D eigenvalue weighted by Crippen LogP contribution is 2.28. The van der Waals surface area contributed by atoms with Crippen molar-refractivity contribution < 1.29 is 13.5 Å². The molecule has 15 heavy (non-hydrogen) atoms. The van der Waals surface area contributed by atoms with E-state index < -0.39 is 12.1 Å². The third-order valence-electron chi connectivity index (χ3n) is 1.79. The van der Waals surface area contributed by atoms with Gasteiger partial charge in [0.1, 0.15) is 23.2 Å². The van der Waals surface area contributed by atoms with Crippen molar-refractivity contribution in [3.8, 4) is 11.8 Å². The van der Waals surface area contributed by atoms with Crippen LogP contribution in [0.4, 0.5) is 8.78 Å². The first kappa shape index (κ1) is 11.9. The highest BCUT2D eigenvalue weighted by atomic mass is 79.9. The molecule has 3 nitrogen and oxygen atoms in total. The highest BCUT2D eigenvalue weighted by molar-refractivity contribution is 9.08. The van der Waals surface area contributed by atoms with E-state index in [1.165, 1.54) is 7.11 Å². The van der Waals surface area contributed by atoms with Gasteiger partial charge in [0.25, 0.3) is 6.43 Å². The van der Waals surface area contributed by atoms with Crippen LogP contribution in [0.1, 0.15) is 23.4 Å². The molecule has 0 N–H and O–H groups in total. The van der Waals surface area contributed by atoms with Crippen LogP contribution in [0.15, 0.2) is 6.07 Å². The number of rotatable bonds is 3. The van der Waals surface area contributed by atoms with Crippen molar-refractivity contribution in [1.29, 1.82) is 5.26 Å². The lowest BCUT2D eigenvalue weighted by Crippen LogP contribution is -2.01. The Balaban J connectivity index is 3.37. The van der Waals surface area contributed by atoms with Crippen LogP contribution in [0.5, 0.6) is 5.75 Å². The normalized spacial score (nSPS) is 10.1. The highest BCUT2D eigenvalue weighted by Gasteiger charge is 2.17. The maximum atomic E-state index is 12.4. The summed E-state index contributed by atoms with van der Waals surface area (Å²) in [6.45, 7) is 0. The van der Waals surface area contributed by atoms with E-state index in [0.717, 1.165) is 6.07 Å². The SMILES string of the molecule is COc1cc(C(F)F)nc(C#N)c1CBr. The maximum Gasteiger partial charge on any atom is 0.280 e. The van der Waals surface area contributed by atoms with E-state index in [-0.39, 0.29) is 11.4 Å². The second-order valence-electron chi connectivity index (χ2n) is 2.62. The van der Waals surface area contributed by atoms with Gasteiger partial charge in [0.05, 0.1) is 7.11 Å². The molecule has 0 aliphatic carbocycles. The molecule has 0 fully saturated rings. The summed E-state index contributed by atoms with van der Waals surface area (Å²) in [5.41, 5.74) is -0.0148. The van der Waals surface area contributed by atoms with Gasteiger partial charge in [0.15, 0.2) is 0 Å². The average Bonchev–Trinajstić information content (AvgIpc) is 2.26. The Labute approximate surface area is 93.8 Å². The molecule has 0 aliphatic rings. The summed E-state index contributed by atoms with van der Waals surface area (Å²) in [5, 5.41) is 9.07. The molecule has 0 aliphatic heterocycles. The molecule has 0 unspecified atom stereocenters. The topological polar surface area (TPSA) is 45.9 Å². The number of methoxy groups -OCH3 is 1. The molecule has 0 bridgehead atoms. The van der Waals surface area contributed by atoms with Crippen molar-refractivity contribution in [2.45, 2.75) is 11.8 Å². The smallest absolute Gasteiger partial charge is 0.280 e. The lowest BCUT2D eigenvalue weighted by Gasteiger charge is -2.09. The molecule has 80 valence electrons. The van der Waals surface area contributed by atoms with E-state index in [2.05, 4.69) is 20.9 Å². The van der Waals surface area contributed by atoms with Gasteiger partial charge in [-0.1, -0.05) is 15.9 Å². The maximum absolute atomic E-state index is 12.4. The zero-order chi connectivity index (χ0) is 11.4. The minimum absolute atomic E-state index is 0.0403. The lowest BCUT2D eigenvalue weighted by molar-refractivity contribution is 0.145. The first-order chi connectivity index (χ1) is 7.13. The summed E-state index contributed by atoms with van der Waals surface area (Å²) in [4.78, 5) is 3.55. The van der Waals surface area contributed by atoms with Crippen LogP contribution in [0.25, 0.3) is 0 Å². The number of alkyl halides is 3. The molecule has 6 heteroatoms. The van der Waals surface area contributed by atoms with Crippen molar-refractivity contribution in [3.63, 3.8) is 0 Å². The number of ether oxygens (including phenoxy) is 1. The Bertz CT molecular complexity index is 404. The summed E-state index contributed by atoms with van der Waals surface area (Å²) in [5.74, 6) is 0.244. The number of hydrogen-bond donors (Lipinski definition) is 0. The molecule has 1 aromatic heterocycles. The predicted octanol–water partition coefficient (Wildman–Crippen LogP) is 2.79. The fraction of sp³-hybridized carbons (Fsp3) is 0.333. The van der Waals surface area contributed by atoms with Crippen LogP contribution in [0.2, 0.25) is 0 Å². The molecule has 1 heterocycles. The van der Waals surface area contributed by atoms with Crippen LogP contribution in [0.3, 0.4) is 0 Å². The second-order valence-corrected chi connectivity index (χ2v) is 3.18. The molecule has 0 radical (unpaired) electrons. The zero-order valence-electron chi connectivity index (χ0n) is 7.80. The van der Waals surface area contributed by atoms with Gasteiger partial charge in [-0.3, -0.25) is 0 Å². The quantitative estimate of drug-likeness (QED) is 0.798. The van der Waals surface area contributed by atoms with E-state index in [4.69, 9.17) is 10.00 Å². The molecule has 0 spiro atoms. The van der Waals surface area contributed by atoms with Gasteiger partial charge in [-0.05, 0) is 0 Å². The molecule has 0 saturated heterocycles. The molecule has 0 atom stereocenters. The summed E-state index contributed by atoms with van der Waals surface area (Å²) < 4.78 is 29.7. The lowest BCUT2D eigenvalue weighted by atomic mass is 10.2. The van der Waals surface area contributed by atoms with Crippen molar-refractivity contribution >= 4 is 15.9 Å². The molecular weight excluding hydrogens is 270 g/mol. The summed E-state index contributed by atoms with van der Waals surface area (Å²) >= 11 is 3.14. The van der Waals surface area contributed by atoms with Gasteiger partial charge in [0.2, 0.25) is 0 Å². The largest absolute Gasteiger partial charge is 0.496 e. The summed E-state index contributed by atoms with van der Waals surface area (Å²) in [7, 11) is 1.36. The van der Waals surface area contributed by atoms with Gasteiger partial charge >= 0.3 is 0 Å². The number of hydrogen-bond acceptors (Lipinski definition) is 3. The van der Waals surface area contributed by atoms with Gasteiger partial charge in [-0.25, -0.2) is 13.8 Å². The second kappa shape index (κ2) is 5.03. The Morgan fingerprint density at radius 1 is 1.67 bits per heavy atom. The fourth-order valence-corrected chi connectivity index (χ4v) is 1.62. The van der Waals surface area contributed by atoms with Crippen molar-refractivity contribution in [2.75, 3.05) is 7.11 Å². The number of pyridine rings is 1. The molecule has 0 aromatic carbocycles. The van der Waals surface area contributed by atoms with E-state index in [1.54, 1.807) is 6.07 Å². The van der Waals surface area contributed by atoms with Gasteiger partial charge in [0, 0.05) is 17.0 Å². The summed E-state index contributed by atoms with van der Waals surface area (Å²) in [6, 6.07) is 2.90. The van der Waals surface area contributed by atoms with E-state index in [1.807, 2.05) is 0 Å². The fourth-order valence-electron chi connectivity index (χ4n) is 1.08.